The average Bonchev–Trinajstić information content (AvgIpc) is 2.92. The van der Waals surface area contributed by atoms with Gasteiger partial charge >= 0.3 is 5.97 Å². The van der Waals surface area contributed by atoms with Gasteiger partial charge in [0, 0.05) is 11.8 Å². The second-order valence-electron chi connectivity index (χ2n) is 6.09. The van der Waals surface area contributed by atoms with Crippen LogP contribution in [0.25, 0.3) is 0 Å². The summed E-state index contributed by atoms with van der Waals surface area (Å²) in [5.41, 5.74) is 1.00. The van der Waals surface area contributed by atoms with Crippen LogP contribution in [0.15, 0.2) is 42.2 Å². The second kappa shape index (κ2) is 7.34. The van der Waals surface area contributed by atoms with E-state index in [1.54, 1.807) is 0 Å². The number of hydrogen-bond acceptors (Lipinski definition) is 6. The Bertz CT molecular complexity index is 599. The first-order chi connectivity index (χ1) is 11.6. The van der Waals surface area contributed by atoms with Gasteiger partial charge < -0.3 is 24.1 Å². The van der Waals surface area contributed by atoms with Crippen molar-refractivity contribution in [3.05, 3.63) is 47.7 Å². The number of carbonyl (C=O) groups excluding carboxylic acids is 1. The number of allylic oxidation sites excluding steroid dienone is 1. The number of benzene rings is 1. The van der Waals surface area contributed by atoms with E-state index in [1.807, 2.05) is 37.3 Å². The molecule has 0 aliphatic carbocycles. The van der Waals surface area contributed by atoms with E-state index in [1.165, 1.54) is 13.2 Å². The topological polar surface area (TPSA) is 74.2 Å². The van der Waals surface area contributed by atoms with Gasteiger partial charge in [-0.3, -0.25) is 0 Å². The molecule has 0 radical (unpaired) electrons. The number of hydrogen-bond donors (Lipinski definition) is 1. The fraction of sp³-hybridized carbons (Fsp3) is 0.500. The van der Waals surface area contributed by atoms with Gasteiger partial charge in [0.25, 0.3) is 0 Å². The summed E-state index contributed by atoms with van der Waals surface area (Å²) in [4.78, 5) is 11.4. The molecule has 6 nitrogen and oxygen atoms in total. The molecule has 0 unspecified atom stereocenters. The lowest BCUT2D eigenvalue weighted by Crippen LogP contribution is -2.50. The molecule has 2 aliphatic rings. The van der Waals surface area contributed by atoms with Crippen LogP contribution in [0.2, 0.25) is 0 Å². The third-order valence-corrected chi connectivity index (χ3v) is 4.57. The summed E-state index contributed by atoms with van der Waals surface area (Å²) in [5, 5.41) is 10.5. The summed E-state index contributed by atoms with van der Waals surface area (Å²) in [7, 11) is 1.32. The van der Waals surface area contributed by atoms with Crippen molar-refractivity contribution in [2.75, 3.05) is 13.7 Å². The molecule has 1 aromatic carbocycles. The maximum Gasteiger partial charge on any atom is 0.333 e. The zero-order valence-corrected chi connectivity index (χ0v) is 13.8. The molecule has 2 heterocycles. The molecule has 0 spiro atoms. The third-order valence-electron chi connectivity index (χ3n) is 4.57. The predicted octanol–water partition coefficient (Wildman–Crippen LogP) is 1.63. The van der Waals surface area contributed by atoms with Gasteiger partial charge in [-0.25, -0.2) is 4.79 Å². The van der Waals surface area contributed by atoms with Crippen molar-refractivity contribution in [2.45, 2.75) is 32.0 Å². The highest BCUT2D eigenvalue weighted by molar-refractivity contribution is 5.82. The van der Waals surface area contributed by atoms with Crippen LogP contribution in [0.3, 0.4) is 0 Å². The summed E-state index contributed by atoms with van der Waals surface area (Å²) < 4.78 is 21.8. The Balaban J connectivity index is 1.63. The monoisotopic (exact) mass is 334 g/mol. The minimum Gasteiger partial charge on any atom is -0.491 e. The highest BCUT2D eigenvalue weighted by Gasteiger charge is 2.49. The minimum atomic E-state index is -0.918. The van der Waals surface area contributed by atoms with Crippen molar-refractivity contribution in [3.63, 3.8) is 0 Å². The van der Waals surface area contributed by atoms with Crippen LogP contribution in [-0.4, -0.2) is 43.3 Å². The van der Waals surface area contributed by atoms with Gasteiger partial charge in [-0.1, -0.05) is 37.3 Å². The largest absolute Gasteiger partial charge is 0.491 e. The number of esters is 1. The van der Waals surface area contributed by atoms with Crippen LogP contribution >= 0.6 is 0 Å². The molecule has 5 atom stereocenters. The number of methoxy groups -OCH3 is 1. The number of aliphatic hydroxyl groups excluding tert-OH is 1. The zero-order chi connectivity index (χ0) is 17.1. The van der Waals surface area contributed by atoms with Crippen LogP contribution in [0, 0.1) is 11.8 Å². The molecule has 0 aromatic heterocycles. The number of carbonyl (C=O) groups is 1. The Labute approximate surface area is 141 Å². The Morgan fingerprint density at radius 2 is 2.12 bits per heavy atom. The van der Waals surface area contributed by atoms with Gasteiger partial charge in [-0.05, 0) is 5.56 Å². The number of fused-ring (bicyclic) bond motifs is 1. The first-order valence-electron chi connectivity index (χ1n) is 8.01. The second-order valence-corrected chi connectivity index (χ2v) is 6.09. The molecule has 0 amide bonds. The summed E-state index contributed by atoms with van der Waals surface area (Å²) in [6, 6.07) is 9.69. The lowest BCUT2D eigenvalue weighted by atomic mass is 9.87. The van der Waals surface area contributed by atoms with Crippen molar-refractivity contribution >= 4 is 5.97 Å². The highest BCUT2D eigenvalue weighted by atomic mass is 16.7. The summed E-state index contributed by atoms with van der Waals surface area (Å²) in [5.74, 6) is -0.00250. The third kappa shape index (κ3) is 3.45. The van der Waals surface area contributed by atoms with Crippen LogP contribution in [0.1, 0.15) is 12.5 Å². The summed E-state index contributed by atoms with van der Waals surface area (Å²) >= 11 is 0. The maximum absolute atomic E-state index is 11.4. The molecule has 3 rings (SSSR count). The van der Waals surface area contributed by atoms with E-state index in [4.69, 9.17) is 14.2 Å². The van der Waals surface area contributed by atoms with Crippen LogP contribution < -0.4 is 0 Å². The summed E-state index contributed by atoms with van der Waals surface area (Å²) in [6.45, 7) is 2.70. The minimum absolute atomic E-state index is 0.0209. The Morgan fingerprint density at radius 3 is 2.83 bits per heavy atom. The van der Waals surface area contributed by atoms with Gasteiger partial charge in [-0.2, -0.15) is 0 Å². The molecule has 0 saturated carbocycles. The van der Waals surface area contributed by atoms with Crippen molar-refractivity contribution in [1.29, 1.82) is 0 Å². The average molecular weight is 334 g/mol. The first-order valence-corrected chi connectivity index (χ1v) is 8.01. The van der Waals surface area contributed by atoms with E-state index in [-0.39, 0.29) is 11.8 Å². The molecule has 1 aromatic rings. The highest BCUT2D eigenvalue weighted by Crippen LogP contribution is 2.41. The van der Waals surface area contributed by atoms with Gasteiger partial charge in [0.1, 0.15) is 18.0 Å². The maximum atomic E-state index is 11.4. The van der Waals surface area contributed by atoms with Gasteiger partial charge in [0.15, 0.2) is 6.29 Å². The van der Waals surface area contributed by atoms with Crippen molar-refractivity contribution in [3.8, 4) is 0 Å². The SMILES string of the molecule is COC(=O)/C=C1\O[C@H]2[C@H](O)[C@@H](OCc3ccccc3)OC[C@H]2[C@H]1C. The van der Waals surface area contributed by atoms with E-state index in [0.717, 1.165) is 5.56 Å². The molecular formula is C18H22O6. The van der Waals surface area contributed by atoms with E-state index in [0.29, 0.717) is 19.0 Å². The molecule has 2 fully saturated rings. The van der Waals surface area contributed by atoms with E-state index < -0.39 is 24.5 Å². The molecule has 2 aliphatic heterocycles. The number of rotatable bonds is 4. The number of aliphatic hydroxyl groups is 1. The Hall–Kier alpha value is -1.89. The lowest BCUT2D eigenvalue weighted by Gasteiger charge is -2.36. The molecule has 130 valence electrons. The fourth-order valence-corrected chi connectivity index (χ4v) is 3.11. The van der Waals surface area contributed by atoms with Crippen molar-refractivity contribution in [1.82, 2.24) is 0 Å². The molecule has 6 heteroatoms. The quantitative estimate of drug-likeness (QED) is 0.666. The molecule has 0 bridgehead atoms. The molecule has 1 N–H and O–H groups in total. The van der Waals surface area contributed by atoms with E-state index in [2.05, 4.69) is 4.74 Å². The summed E-state index contributed by atoms with van der Waals surface area (Å²) in [6.07, 6.45) is -0.796. The molecular weight excluding hydrogens is 312 g/mol. The molecule has 24 heavy (non-hydrogen) atoms. The van der Waals surface area contributed by atoms with Gasteiger partial charge in [-0.15, -0.1) is 0 Å². The first kappa shape index (κ1) is 17.0. The van der Waals surface area contributed by atoms with E-state index >= 15 is 0 Å². The van der Waals surface area contributed by atoms with Crippen molar-refractivity contribution < 1.29 is 28.8 Å². The normalized spacial score (nSPS) is 33.8. The lowest BCUT2D eigenvalue weighted by molar-refractivity contribution is -0.257. The van der Waals surface area contributed by atoms with Gasteiger partial charge in [0.05, 0.1) is 26.4 Å². The van der Waals surface area contributed by atoms with Crippen molar-refractivity contribution in [2.24, 2.45) is 11.8 Å². The smallest absolute Gasteiger partial charge is 0.333 e. The zero-order valence-electron chi connectivity index (χ0n) is 13.8. The van der Waals surface area contributed by atoms with Crippen LogP contribution in [0.5, 0.6) is 0 Å². The van der Waals surface area contributed by atoms with Crippen LogP contribution in [-0.2, 0) is 30.3 Å². The van der Waals surface area contributed by atoms with Crippen LogP contribution in [0.4, 0.5) is 0 Å². The number of ether oxygens (including phenoxy) is 4. The fourth-order valence-electron chi connectivity index (χ4n) is 3.11. The Kier molecular flexibility index (Phi) is 5.18. The molecule has 2 saturated heterocycles. The standard InChI is InChI=1S/C18H22O6/c1-11-13-10-23-18(22-9-12-6-4-3-5-7-12)16(20)17(13)24-14(11)8-15(19)21-2/h3-8,11,13,16-18,20H,9-10H2,1-2H3/b14-8-/t11-,13+,16+,17-,18+/m1/s1. The Morgan fingerprint density at radius 1 is 1.38 bits per heavy atom. The van der Waals surface area contributed by atoms with E-state index in [9.17, 15) is 9.90 Å². The predicted molar refractivity (Wildman–Crippen MR) is 84.6 cm³/mol. The van der Waals surface area contributed by atoms with Gasteiger partial charge in [0.2, 0.25) is 0 Å².